The van der Waals surface area contributed by atoms with Crippen LogP contribution >= 0.6 is 0 Å². The van der Waals surface area contributed by atoms with E-state index in [9.17, 15) is 9.59 Å². The number of carbonyl (C=O) groups is 2. The highest BCUT2D eigenvalue weighted by Crippen LogP contribution is 2.28. The molecule has 2 aromatic rings. The summed E-state index contributed by atoms with van der Waals surface area (Å²) in [5.41, 5.74) is 9.39. The van der Waals surface area contributed by atoms with Crippen LogP contribution in [0, 0.1) is 5.92 Å². The number of nitrogens with one attached hydrogen (secondary N) is 1. The van der Waals surface area contributed by atoms with Gasteiger partial charge in [0.1, 0.15) is 0 Å². The van der Waals surface area contributed by atoms with Crippen molar-refractivity contribution < 1.29 is 9.59 Å². The molecule has 0 saturated heterocycles. The second-order valence-corrected chi connectivity index (χ2v) is 7.04. The van der Waals surface area contributed by atoms with Crippen molar-refractivity contribution >= 4 is 17.5 Å². The number of hydrogen-bond donors (Lipinski definition) is 2. The normalized spacial score (nSPS) is 15.1. The molecular formula is C22H27N3O2. The Bertz CT molecular complexity index is 791. The summed E-state index contributed by atoms with van der Waals surface area (Å²) in [6.07, 6.45) is 1.96. The number of fused-ring (bicyclic) bond motifs is 1. The molecule has 3 rings (SSSR count). The van der Waals surface area contributed by atoms with Crippen molar-refractivity contribution in [2.45, 2.75) is 32.2 Å². The zero-order chi connectivity index (χ0) is 19.2. The van der Waals surface area contributed by atoms with Gasteiger partial charge in [-0.3, -0.25) is 9.59 Å². The monoisotopic (exact) mass is 365 g/mol. The van der Waals surface area contributed by atoms with Gasteiger partial charge < -0.3 is 16.0 Å². The maximum Gasteiger partial charge on any atom is 0.227 e. The maximum absolute atomic E-state index is 12.5. The summed E-state index contributed by atoms with van der Waals surface area (Å²) in [6, 6.07) is 17.3. The molecule has 0 radical (unpaired) electrons. The molecule has 0 spiro atoms. The van der Waals surface area contributed by atoms with E-state index in [0.717, 1.165) is 24.2 Å². The average Bonchev–Trinajstić information content (AvgIpc) is 3.14. The van der Waals surface area contributed by atoms with E-state index in [2.05, 4.69) is 11.4 Å². The number of hydrogen-bond acceptors (Lipinski definition) is 3. The van der Waals surface area contributed by atoms with Gasteiger partial charge in [0.15, 0.2) is 0 Å². The average molecular weight is 365 g/mol. The molecule has 5 nitrogen and oxygen atoms in total. The van der Waals surface area contributed by atoms with Crippen LogP contribution in [0.2, 0.25) is 0 Å². The molecule has 1 aliphatic rings. The summed E-state index contributed by atoms with van der Waals surface area (Å²) in [6.45, 7) is 3.05. The van der Waals surface area contributed by atoms with E-state index in [-0.39, 0.29) is 23.8 Å². The Morgan fingerprint density at radius 1 is 1.11 bits per heavy atom. The van der Waals surface area contributed by atoms with Crippen LogP contribution in [0.3, 0.4) is 0 Å². The molecule has 2 amide bonds. The molecule has 2 unspecified atom stereocenters. The second kappa shape index (κ2) is 8.82. The first-order valence-electron chi connectivity index (χ1n) is 9.54. The van der Waals surface area contributed by atoms with Crippen LogP contribution in [0.25, 0.3) is 0 Å². The van der Waals surface area contributed by atoms with Gasteiger partial charge in [-0.15, -0.1) is 0 Å². The molecule has 0 saturated carbocycles. The van der Waals surface area contributed by atoms with Crippen molar-refractivity contribution in [3.63, 3.8) is 0 Å². The van der Waals surface area contributed by atoms with E-state index < -0.39 is 0 Å². The first kappa shape index (κ1) is 19.1. The standard InChI is InChI=1S/C22H27N3O2/c1-16(21(23)18-9-3-2-4-10-18)22(27)24-14-7-12-20(26)25-15-13-17-8-5-6-11-19(17)25/h2-6,8-11,16,21H,7,12-15,23H2,1H3,(H,24,27). The molecule has 2 atom stereocenters. The van der Waals surface area contributed by atoms with Crippen LogP contribution in [-0.2, 0) is 16.0 Å². The van der Waals surface area contributed by atoms with Crippen LogP contribution in [-0.4, -0.2) is 24.9 Å². The van der Waals surface area contributed by atoms with Gasteiger partial charge in [0.05, 0.1) is 5.92 Å². The SMILES string of the molecule is CC(C(=O)NCCCC(=O)N1CCc2ccccc21)C(N)c1ccccc1. The van der Waals surface area contributed by atoms with E-state index in [4.69, 9.17) is 5.73 Å². The fourth-order valence-electron chi connectivity index (χ4n) is 3.47. The molecule has 0 aliphatic carbocycles. The minimum Gasteiger partial charge on any atom is -0.356 e. The smallest absolute Gasteiger partial charge is 0.227 e. The molecule has 142 valence electrons. The van der Waals surface area contributed by atoms with Gasteiger partial charge in [-0.25, -0.2) is 0 Å². The number of nitrogens with two attached hydrogens (primary N) is 1. The van der Waals surface area contributed by atoms with E-state index >= 15 is 0 Å². The zero-order valence-corrected chi connectivity index (χ0v) is 15.7. The minimum atomic E-state index is -0.339. The molecule has 0 fully saturated rings. The summed E-state index contributed by atoms with van der Waals surface area (Å²) in [4.78, 5) is 26.7. The predicted molar refractivity (Wildman–Crippen MR) is 107 cm³/mol. The highest BCUT2D eigenvalue weighted by atomic mass is 16.2. The quantitative estimate of drug-likeness (QED) is 0.741. The van der Waals surface area contributed by atoms with Crippen LogP contribution < -0.4 is 16.0 Å². The van der Waals surface area contributed by atoms with Gasteiger partial charge in [-0.05, 0) is 30.0 Å². The van der Waals surface area contributed by atoms with Crippen molar-refractivity contribution in [2.24, 2.45) is 11.7 Å². The van der Waals surface area contributed by atoms with Crippen LogP contribution in [0.1, 0.15) is 36.9 Å². The van der Waals surface area contributed by atoms with Crippen LogP contribution in [0.4, 0.5) is 5.69 Å². The lowest BCUT2D eigenvalue weighted by Gasteiger charge is -2.20. The van der Waals surface area contributed by atoms with E-state index in [1.165, 1.54) is 5.56 Å². The highest BCUT2D eigenvalue weighted by Gasteiger charge is 2.24. The molecule has 27 heavy (non-hydrogen) atoms. The molecule has 2 aromatic carbocycles. The summed E-state index contributed by atoms with van der Waals surface area (Å²) in [5.74, 6) is -0.290. The van der Waals surface area contributed by atoms with Gasteiger partial charge in [-0.1, -0.05) is 55.5 Å². The van der Waals surface area contributed by atoms with Crippen molar-refractivity contribution in [1.82, 2.24) is 5.32 Å². The Morgan fingerprint density at radius 3 is 2.59 bits per heavy atom. The predicted octanol–water partition coefficient (Wildman–Crippen LogP) is 2.81. The van der Waals surface area contributed by atoms with Crippen LogP contribution in [0.5, 0.6) is 0 Å². The molecule has 1 aliphatic heterocycles. The number of anilines is 1. The third-order valence-electron chi connectivity index (χ3n) is 5.19. The van der Waals surface area contributed by atoms with Crippen molar-refractivity contribution in [3.8, 4) is 0 Å². The van der Waals surface area contributed by atoms with Crippen molar-refractivity contribution in [1.29, 1.82) is 0 Å². The Morgan fingerprint density at radius 2 is 1.81 bits per heavy atom. The molecular weight excluding hydrogens is 338 g/mol. The van der Waals surface area contributed by atoms with Gasteiger partial charge >= 0.3 is 0 Å². The largest absolute Gasteiger partial charge is 0.356 e. The number of amides is 2. The molecule has 3 N–H and O–H groups in total. The second-order valence-electron chi connectivity index (χ2n) is 7.04. The van der Waals surface area contributed by atoms with Gasteiger partial charge in [0, 0.05) is 31.2 Å². The number of nitrogens with zero attached hydrogens (tertiary/aromatic N) is 1. The number of para-hydroxylation sites is 1. The van der Waals surface area contributed by atoms with Crippen molar-refractivity contribution in [2.75, 3.05) is 18.0 Å². The third kappa shape index (κ3) is 4.55. The van der Waals surface area contributed by atoms with Crippen LogP contribution in [0.15, 0.2) is 54.6 Å². The van der Waals surface area contributed by atoms with E-state index in [1.807, 2.05) is 60.4 Å². The first-order valence-corrected chi connectivity index (χ1v) is 9.54. The van der Waals surface area contributed by atoms with Gasteiger partial charge in [0.2, 0.25) is 11.8 Å². The minimum absolute atomic E-state index is 0.0784. The highest BCUT2D eigenvalue weighted by molar-refractivity contribution is 5.95. The topological polar surface area (TPSA) is 75.4 Å². The summed E-state index contributed by atoms with van der Waals surface area (Å²) >= 11 is 0. The Kier molecular flexibility index (Phi) is 6.24. The number of benzene rings is 2. The van der Waals surface area contributed by atoms with Gasteiger partial charge in [0.25, 0.3) is 0 Å². The number of carbonyl (C=O) groups excluding carboxylic acids is 2. The maximum atomic E-state index is 12.5. The Balaban J connectivity index is 1.42. The fourth-order valence-corrected chi connectivity index (χ4v) is 3.47. The summed E-state index contributed by atoms with van der Waals surface area (Å²) in [5, 5.41) is 2.91. The summed E-state index contributed by atoms with van der Waals surface area (Å²) < 4.78 is 0. The lowest BCUT2D eigenvalue weighted by Crippen LogP contribution is -2.36. The number of rotatable bonds is 7. The molecule has 0 bridgehead atoms. The van der Waals surface area contributed by atoms with Crippen molar-refractivity contribution in [3.05, 3.63) is 65.7 Å². The lowest BCUT2D eigenvalue weighted by molar-refractivity contribution is -0.125. The zero-order valence-electron chi connectivity index (χ0n) is 15.7. The van der Waals surface area contributed by atoms with E-state index in [0.29, 0.717) is 19.4 Å². The fraction of sp³-hybridized carbons (Fsp3) is 0.364. The molecule has 0 aromatic heterocycles. The molecule has 1 heterocycles. The molecule has 5 heteroatoms. The third-order valence-corrected chi connectivity index (χ3v) is 5.19. The lowest BCUT2D eigenvalue weighted by atomic mass is 9.94. The van der Waals surface area contributed by atoms with Gasteiger partial charge in [-0.2, -0.15) is 0 Å². The van der Waals surface area contributed by atoms with E-state index in [1.54, 1.807) is 0 Å². The Labute approximate surface area is 160 Å². The summed E-state index contributed by atoms with van der Waals surface area (Å²) in [7, 11) is 0. The first-order chi connectivity index (χ1) is 13.1. The Hall–Kier alpha value is -2.66.